The number of rotatable bonds is 7. The summed E-state index contributed by atoms with van der Waals surface area (Å²) in [6.45, 7) is 12.3. The first-order valence-corrected chi connectivity index (χ1v) is 29.0. The molecule has 408 valence electrons. The third-order valence-corrected chi connectivity index (χ3v) is 17.0. The third-order valence-electron chi connectivity index (χ3n) is 17.0. The van der Waals surface area contributed by atoms with E-state index in [2.05, 4.69) is 207 Å². The summed E-state index contributed by atoms with van der Waals surface area (Å²) in [5.41, 5.74) is 17.1. The predicted molar refractivity (Wildman–Crippen MR) is 333 cm³/mol. The molecule has 3 saturated heterocycles. The standard InChI is InChI=1S/C24H26N4.C23H24N4.C21H21N5/c1-3-28-12-10-17(11-13-28)22-8-6-20-14-18(4-7-23(20)25-22)19-5-9-24-21(15-19)16-27(2)26-24;1-26-11-9-16(10-12-26)21-7-5-19-13-17(3-6-22(19)24-21)18-4-8-23-20(14-18)15-27(2)25-23;1-25-14-17-12-15(3-6-21(17)24-25)19-5-2-16-13-18(4-7-20(16)23-19)26-10-8-22-9-11-26/h4-9,14-17H,3,10-13H2,1-2H3;3-8,13-16H,9-12H2,1-2H3;2-7,12-14,22H,8-11H2,1H3. The Morgan fingerprint density at radius 3 is 1.31 bits per heavy atom. The number of piperidine rings is 2. The fourth-order valence-corrected chi connectivity index (χ4v) is 12.3. The van der Waals surface area contributed by atoms with Crippen LogP contribution in [-0.4, -0.2) is 120 Å². The largest absolute Gasteiger partial charge is 0.369 e. The van der Waals surface area contributed by atoms with E-state index in [1.54, 1.807) is 0 Å². The van der Waals surface area contributed by atoms with Gasteiger partial charge in [-0.05, 0) is 185 Å². The van der Waals surface area contributed by atoms with Crippen LogP contribution in [0.3, 0.4) is 0 Å². The lowest BCUT2D eigenvalue weighted by molar-refractivity contribution is 0.221. The summed E-state index contributed by atoms with van der Waals surface area (Å²) in [4.78, 5) is 22.2. The number of aryl methyl sites for hydroxylation is 3. The van der Waals surface area contributed by atoms with E-state index >= 15 is 0 Å². The molecule has 15 rings (SSSR count). The Bertz CT molecular complexity index is 4210. The van der Waals surface area contributed by atoms with Crippen LogP contribution in [0.25, 0.3) is 98.9 Å². The van der Waals surface area contributed by atoms with E-state index < -0.39 is 0 Å². The topological polar surface area (TPSA) is 114 Å². The Morgan fingerprint density at radius 1 is 0.395 bits per heavy atom. The monoisotopic (exact) mass is 1070 g/mol. The van der Waals surface area contributed by atoms with E-state index in [1.165, 1.54) is 118 Å². The average Bonchev–Trinajstić information content (AvgIpc) is 4.22. The number of nitrogens with zero attached hydrogens (tertiary/aromatic N) is 12. The van der Waals surface area contributed by atoms with Gasteiger partial charge in [-0.2, -0.15) is 15.3 Å². The van der Waals surface area contributed by atoms with Crippen molar-refractivity contribution in [3.63, 3.8) is 0 Å². The second kappa shape index (κ2) is 22.6. The highest BCUT2D eigenvalue weighted by molar-refractivity contribution is 5.91. The van der Waals surface area contributed by atoms with E-state index in [4.69, 9.17) is 15.0 Å². The molecule has 3 aliphatic heterocycles. The van der Waals surface area contributed by atoms with Crippen LogP contribution in [0.4, 0.5) is 5.69 Å². The average molecular weight is 1070 g/mol. The van der Waals surface area contributed by atoms with Crippen molar-refractivity contribution in [1.82, 2.24) is 59.4 Å². The molecule has 0 unspecified atom stereocenters. The number of benzene rings is 6. The van der Waals surface area contributed by atoms with E-state index in [1.807, 2.05) is 41.4 Å². The molecule has 9 heterocycles. The minimum absolute atomic E-state index is 0.596. The van der Waals surface area contributed by atoms with Crippen molar-refractivity contribution in [2.24, 2.45) is 21.1 Å². The van der Waals surface area contributed by atoms with Crippen LogP contribution in [0.1, 0.15) is 55.8 Å². The smallest absolute Gasteiger partial charge is 0.0923 e. The molecule has 0 atom stereocenters. The van der Waals surface area contributed by atoms with Gasteiger partial charge in [-0.3, -0.25) is 24.0 Å². The van der Waals surface area contributed by atoms with Gasteiger partial charge in [-0.25, -0.2) is 4.98 Å². The van der Waals surface area contributed by atoms with Crippen molar-refractivity contribution >= 4 is 71.1 Å². The number of pyridine rings is 3. The van der Waals surface area contributed by atoms with Gasteiger partial charge >= 0.3 is 0 Å². The number of hydrogen-bond acceptors (Lipinski definition) is 10. The predicted octanol–water partition coefficient (Wildman–Crippen LogP) is 12.8. The van der Waals surface area contributed by atoms with Gasteiger partial charge in [0.05, 0.1) is 38.8 Å². The highest BCUT2D eigenvalue weighted by atomic mass is 15.3. The SMILES string of the molecule is CCN1CCC(c2ccc3cc(-c4ccc5nn(C)cc5c4)ccc3n2)CC1.CN1CCC(c2ccc3cc(-c4ccc5nn(C)cc5c4)ccc3n2)CC1.Cn1cc2cc(-c3ccc4cc(N5CCNCC5)ccc4n3)ccc2n1. The number of hydrogen-bond donors (Lipinski definition) is 1. The zero-order chi connectivity index (χ0) is 55.0. The Balaban J connectivity index is 0.000000114. The Hall–Kier alpha value is -8.36. The molecule has 0 aliphatic carbocycles. The van der Waals surface area contributed by atoms with E-state index in [9.17, 15) is 0 Å². The molecular formula is C68H71N13. The van der Waals surface area contributed by atoms with Crippen molar-refractivity contribution < 1.29 is 0 Å². The summed E-state index contributed by atoms with van der Waals surface area (Å²) in [5.74, 6) is 1.19. The number of nitrogens with one attached hydrogen (secondary N) is 1. The van der Waals surface area contributed by atoms with Crippen LogP contribution >= 0.6 is 0 Å². The van der Waals surface area contributed by atoms with Crippen LogP contribution in [0, 0.1) is 0 Å². The maximum absolute atomic E-state index is 5.01. The minimum Gasteiger partial charge on any atom is -0.369 e. The molecule has 0 saturated carbocycles. The van der Waals surface area contributed by atoms with Gasteiger partial charge in [-0.15, -0.1) is 0 Å². The lowest BCUT2D eigenvalue weighted by Crippen LogP contribution is -2.43. The van der Waals surface area contributed by atoms with Gasteiger partial charge in [0.1, 0.15) is 0 Å². The summed E-state index contributed by atoms with van der Waals surface area (Å²) in [5, 5.41) is 23.8. The molecule has 0 spiro atoms. The summed E-state index contributed by atoms with van der Waals surface area (Å²) >= 11 is 0. The van der Waals surface area contributed by atoms with Gasteiger partial charge in [0, 0.05) is 133 Å². The zero-order valence-corrected chi connectivity index (χ0v) is 47.3. The molecule has 12 aromatic rings. The summed E-state index contributed by atoms with van der Waals surface area (Å²) < 4.78 is 5.58. The van der Waals surface area contributed by atoms with E-state index in [-0.39, 0.29) is 0 Å². The molecule has 6 aromatic carbocycles. The summed E-state index contributed by atoms with van der Waals surface area (Å²) in [6.07, 6.45) is 11.0. The molecule has 0 radical (unpaired) electrons. The van der Waals surface area contributed by atoms with Crippen molar-refractivity contribution in [3.8, 4) is 33.5 Å². The van der Waals surface area contributed by atoms with Crippen molar-refractivity contribution in [2.45, 2.75) is 44.4 Å². The molecule has 13 nitrogen and oxygen atoms in total. The van der Waals surface area contributed by atoms with Crippen molar-refractivity contribution in [2.75, 3.05) is 70.9 Å². The number of piperazine rings is 1. The highest BCUT2D eigenvalue weighted by Gasteiger charge is 2.22. The lowest BCUT2D eigenvalue weighted by Gasteiger charge is -2.30. The Morgan fingerprint density at radius 2 is 0.802 bits per heavy atom. The number of aromatic nitrogens is 9. The molecule has 13 heteroatoms. The molecule has 6 aromatic heterocycles. The van der Waals surface area contributed by atoms with Crippen molar-refractivity contribution in [3.05, 3.63) is 176 Å². The number of likely N-dealkylation sites (tertiary alicyclic amines) is 2. The second-order valence-corrected chi connectivity index (χ2v) is 22.6. The van der Waals surface area contributed by atoms with Crippen LogP contribution in [-0.2, 0) is 21.1 Å². The molecule has 81 heavy (non-hydrogen) atoms. The molecule has 3 aliphatic rings. The molecular weight excluding hydrogens is 999 g/mol. The molecule has 1 N–H and O–H groups in total. The Labute approximate surface area is 473 Å². The van der Waals surface area contributed by atoms with Crippen LogP contribution in [0.5, 0.6) is 0 Å². The quantitative estimate of drug-likeness (QED) is 0.165. The van der Waals surface area contributed by atoms with Crippen LogP contribution in [0.2, 0.25) is 0 Å². The van der Waals surface area contributed by atoms with Gasteiger partial charge in [0.25, 0.3) is 0 Å². The molecule has 0 amide bonds. The number of fused-ring (bicyclic) bond motifs is 6. The van der Waals surface area contributed by atoms with Gasteiger partial charge in [0.15, 0.2) is 0 Å². The van der Waals surface area contributed by atoms with Gasteiger partial charge in [0.2, 0.25) is 0 Å². The maximum Gasteiger partial charge on any atom is 0.0923 e. The first kappa shape index (κ1) is 52.0. The maximum atomic E-state index is 5.01. The first-order chi connectivity index (χ1) is 39.6. The first-order valence-electron chi connectivity index (χ1n) is 29.0. The molecule has 0 bridgehead atoms. The second-order valence-electron chi connectivity index (χ2n) is 22.6. The lowest BCUT2D eigenvalue weighted by atomic mass is 9.92. The Kier molecular flexibility index (Phi) is 14.5. The summed E-state index contributed by atoms with van der Waals surface area (Å²) in [7, 11) is 8.08. The van der Waals surface area contributed by atoms with E-state index in [0.29, 0.717) is 11.8 Å². The number of anilines is 1. The zero-order valence-electron chi connectivity index (χ0n) is 47.3. The summed E-state index contributed by atoms with van der Waals surface area (Å²) in [6, 6.07) is 52.3. The third kappa shape index (κ3) is 11.4. The highest BCUT2D eigenvalue weighted by Crippen LogP contribution is 2.34. The van der Waals surface area contributed by atoms with E-state index in [0.717, 1.165) is 82.5 Å². The minimum atomic E-state index is 0.596. The normalized spacial score (nSPS) is 15.9. The van der Waals surface area contributed by atoms with Crippen molar-refractivity contribution in [1.29, 1.82) is 0 Å². The van der Waals surface area contributed by atoms with Gasteiger partial charge < -0.3 is 20.0 Å². The molecule has 3 fully saturated rings. The fraction of sp³-hybridized carbons (Fsp3) is 0.294. The van der Waals surface area contributed by atoms with Gasteiger partial charge in [-0.1, -0.05) is 55.5 Å². The fourth-order valence-electron chi connectivity index (χ4n) is 12.3. The van der Waals surface area contributed by atoms with Crippen LogP contribution in [0.15, 0.2) is 164 Å². The van der Waals surface area contributed by atoms with Crippen LogP contribution < -0.4 is 10.2 Å².